The zero-order valence-electron chi connectivity index (χ0n) is 19.3. The summed E-state index contributed by atoms with van der Waals surface area (Å²) in [5.41, 5.74) is 4.86. The molecule has 176 valence electrons. The Bertz CT molecular complexity index is 1500. The number of likely N-dealkylation sites (tertiary alicyclic amines) is 1. The highest BCUT2D eigenvalue weighted by Crippen LogP contribution is 2.32. The van der Waals surface area contributed by atoms with Crippen LogP contribution < -0.4 is 0 Å². The molecule has 1 fully saturated rings. The zero-order chi connectivity index (χ0) is 23.8. The minimum atomic E-state index is -0.260. The molecule has 35 heavy (non-hydrogen) atoms. The summed E-state index contributed by atoms with van der Waals surface area (Å²) in [5.74, 6) is 1.19. The molecule has 0 bridgehead atoms. The minimum Gasteiger partial charge on any atom is -0.354 e. The third kappa shape index (κ3) is 4.07. The van der Waals surface area contributed by atoms with E-state index in [1.807, 2.05) is 47.5 Å². The molecule has 1 aliphatic rings. The third-order valence-electron chi connectivity index (χ3n) is 7.09. The van der Waals surface area contributed by atoms with E-state index in [0.29, 0.717) is 18.8 Å². The SMILES string of the molecule is O=C(CCc1c(-c2ccc(F)cc2)[nH]c2ccccc12)N1CCC(c2nnc3ccccn23)CC1. The van der Waals surface area contributed by atoms with Crippen LogP contribution in [0.4, 0.5) is 4.39 Å². The number of nitrogens with one attached hydrogen (secondary N) is 1. The Balaban J connectivity index is 1.16. The summed E-state index contributed by atoms with van der Waals surface area (Å²) in [7, 11) is 0. The monoisotopic (exact) mass is 467 g/mol. The first-order chi connectivity index (χ1) is 17.2. The summed E-state index contributed by atoms with van der Waals surface area (Å²) in [6, 6.07) is 20.5. The lowest BCUT2D eigenvalue weighted by Crippen LogP contribution is -2.38. The maximum atomic E-state index is 13.5. The van der Waals surface area contributed by atoms with Gasteiger partial charge >= 0.3 is 0 Å². The molecule has 1 aliphatic heterocycles. The van der Waals surface area contributed by atoms with E-state index in [1.165, 1.54) is 12.1 Å². The number of carbonyl (C=O) groups excluding carboxylic acids is 1. The van der Waals surface area contributed by atoms with Crippen molar-refractivity contribution in [3.05, 3.63) is 90.1 Å². The average molecular weight is 468 g/mol. The van der Waals surface area contributed by atoms with Gasteiger partial charge in [-0.3, -0.25) is 9.20 Å². The number of nitrogens with zero attached hydrogens (tertiary/aromatic N) is 4. The molecular weight excluding hydrogens is 441 g/mol. The van der Waals surface area contributed by atoms with Crippen molar-refractivity contribution < 1.29 is 9.18 Å². The topological polar surface area (TPSA) is 66.3 Å². The van der Waals surface area contributed by atoms with E-state index in [1.54, 1.807) is 12.1 Å². The number of piperidine rings is 1. The number of aromatic nitrogens is 4. The highest BCUT2D eigenvalue weighted by atomic mass is 19.1. The van der Waals surface area contributed by atoms with Crippen LogP contribution in [0.1, 0.15) is 36.6 Å². The maximum Gasteiger partial charge on any atom is 0.222 e. The molecule has 5 aromatic rings. The summed E-state index contributed by atoms with van der Waals surface area (Å²) in [4.78, 5) is 18.6. The summed E-state index contributed by atoms with van der Waals surface area (Å²) in [6.07, 6.45) is 4.84. The maximum absolute atomic E-state index is 13.5. The molecule has 1 amide bonds. The molecule has 1 saturated heterocycles. The van der Waals surface area contributed by atoms with Gasteiger partial charge in [0, 0.05) is 48.2 Å². The zero-order valence-corrected chi connectivity index (χ0v) is 19.3. The van der Waals surface area contributed by atoms with Crippen LogP contribution in [0, 0.1) is 5.82 Å². The van der Waals surface area contributed by atoms with Gasteiger partial charge in [0.05, 0.1) is 0 Å². The van der Waals surface area contributed by atoms with E-state index >= 15 is 0 Å². The van der Waals surface area contributed by atoms with E-state index in [9.17, 15) is 9.18 Å². The minimum absolute atomic E-state index is 0.171. The fourth-order valence-electron chi connectivity index (χ4n) is 5.24. The molecular formula is C28H26FN5O. The van der Waals surface area contributed by atoms with Crippen LogP contribution in [0.15, 0.2) is 72.9 Å². The third-order valence-corrected chi connectivity index (χ3v) is 7.09. The molecule has 0 saturated carbocycles. The summed E-state index contributed by atoms with van der Waals surface area (Å²) < 4.78 is 15.5. The Morgan fingerprint density at radius 3 is 2.57 bits per heavy atom. The summed E-state index contributed by atoms with van der Waals surface area (Å²) >= 11 is 0. The van der Waals surface area contributed by atoms with Crippen molar-refractivity contribution in [3.8, 4) is 11.3 Å². The lowest BCUT2D eigenvalue weighted by atomic mass is 9.95. The first-order valence-corrected chi connectivity index (χ1v) is 12.1. The summed E-state index contributed by atoms with van der Waals surface area (Å²) in [5, 5.41) is 9.80. The number of amides is 1. The quantitative estimate of drug-likeness (QED) is 0.379. The van der Waals surface area contributed by atoms with Crippen LogP contribution in [-0.2, 0) is 11.2 Å². The lowest BCUT2D eigenvalue weighted by Gasteiger charge is -2.31. The molecule has 6 rings (SSSR count). The van der Waals surface area contributed by atoms with Crippen LogP contribution >= 0.6 is 0 Å². The number of para-hydroxylation sites is 1. The predicted molar refractivity (Wildman–Crippen MR) is 134 cm³/mol. The van der Waals surface area contributed by atoms with Gasteiger partial charge in [0.15, 0.2) is 5.65 Å². The fraction of sp³-hybridized carbons (Fsp3) is 0.250. The van der Waals surface area contributed by atoms with Crippen molar-refractivity contribution >= 4 is 22.5 Å². The largest absolute Gasteiger partial charge is 0.354 e. The molecule has 0 aliphatic carbocycles. The number of pyridine rings is 1. The number of benzene rings is 2. The van der Waals surface area contributed by atoms with Gasteiger partial charge in [0.1, 0.15) is 11.6 Å². The van der Waals surface area contributed by atoms with Crippen molar-refractivity contribution in [2.45, 2.75) is 31.6 Å². The van der Waals surface area contributed by atoms with Gasteiger partial charge in [-0.1, -0.05) is 24.3 Å². The second-order valence-corrected chi connectivity index (χ2v) is 9.17. The van der Waals surface area contributed by atoms with Gasteiger partial charge in [-0.15, -0.1) is 10.2 Å². The molecule has 4 heterocycles. The molecule has 0 spiro atoms. The summed E-state index contributed by atoms with van der Waals surface area (Å²) in [6.45, 7) is 1.45. The van der Waals surface area contributed by atoms with Crippen LogP contribution in [-0.4, -0.2) is 43.5 Å². The van der Waals surface area contributed by atoms with Crippen LogP contribution in [0.3, 0.4) is 0 Å². The van der Waals surface area contributed by atoms with E-state index in [2.05, 4.69) is 25.6 Å². The van der Waals surface area contributed by atoms with Gasteiger partial charge in [-0.25, -0.2) is 4.39 Å². The number of carbonyl (C=O) groups is 1. The van der Waals surface area contributed by atoms with Crippen molar-refractivity contribution in [1.82, 2.24) is 24.5 Å². The number of halogens is 1. The molecule has 2 aromatic carbocycles. The van der Waals surface area contributed by atoms with Crippen LogP contribution in [0.2, 0.25) is 0 Å². The molecule has 0 atom stereocenters. The first-order valence-electron chi connectivity index (χ1n) is 12.1. The van der Waals surface area contributed by atoms with Gasteiger partial charge in [-0.05, 0) is 72.9 Å². The van der Waals surface area contributed by atoms with Crippen molar-refractivity contribution in [3.63, 3.8) is 0 Å². The molecule has 0 unspecified atom stereocenters. The lowest BCUT2D eigenvalue weighted by molar-refractivity contribution is -0.132. The molecule has 6 nitrogen and oxygen atoms in total. The van der Waals surface area contributed by atoms with E-state index in [4.69, 9.17) is 0 Å². The number of aryl methyl sites for hydroxylation is 1. The second-order valence-electron chi connectivity index (χ2n) is 9.17. The number of rotatable bonds is 5. The van der Waals surface area contributed by atoms with Crippen molar-refractivity contribution in [2.24, 2.45) is 0 Å². The normalized spacial score (nSPS) is 14.7. The number of aromatic amines is 1. The van der Waals surface area contributed by atoms with Crippen LogP contribution in [0.5, 0.6) is 0 Å². The Morgan fingerprint density at radius 2 is 1.74 bits per heavy atom. The average Bonchev–Trinajstić information content (AvgIpc) is 3.50. The fourth-order valence-corrected chi connectivity index (χ4v) is 5.24. The van der Waals surface area contributed by atoms with Gasteiger partial charge in [-0.2, -0.15) is 0 Å². The molecule has 0 radical (unpaired) electrons. The standard InChI is InChI=1S/C28H26FN5O/c29-21-10-8-19(9-11-21)27-23(22-5-1-2-6-24(22)30-27)12-13-26(35)33-17-14-20(15-18-33)28-32-31-25-7-3-4-16-34(25)28/h1-11,16,20,30H,12-15,17-18H2. The number of H-pyrrole nitrogens is 1. The highest BCUT2D eigenvalue weighted by molar-refractivity contribution is 5.91. The Hall–Kier alpha value is -4.00. The Kier molecular flexibility index (Phi) is 5.52. The van der Waals surface area contributed by atoms with Crippen molar-refractivity contribution in [2.75, 3.05) is 13.1 Å². The Labute approximate surface area is 202 Å². The van der Waals surface area contributed by atoms with E-state index in [-0.39, 0.29) is 11.7 Å². The predicted octanol–water partition coefficient (Wildman–Crippen LogP) is 5.36. The number of fused-ring (bicyclic) bond motifs is 2. The van der Waals surface area contributed by atoms with Crippen LogP contribution in [0.25, 0.3) is 27.8 Å². The highest BCUT2D eigenvalue weighted by Gasteiger charge is 2.27. The molecule has 7 heteroatoms. The van der Waals surface area contributed by atoms with E-state index in [0.717, 1.165) is 65.1 Å². The first kappa shape index (κ1) is 21.5. The van der Waals surface area contributed by atoms with Gasteiger partial charge in [0.25, 0.3) is 0 Å². The van der Waals surface area contributed by atoms with Crippen molar-refractivity contribution in [1.29, 1.82) is 0 Å². The number of hydrogen-bond acceptors (Lipinski definition) is 3. The van der Waals surface area contributed by atoms with Gasteiger partial charge < -0.3 is 9.88 Å². The van der Waals surface area contributed by atoms with E-state index < -0.39 is 0 Å². The second kappa shape index (κ2) is 8.98. The number of hydrogen-bond donors (Lipinski definition) is 1. The molecule has 1 N–H and O–H groups in total. The van der Waals surface area contributed by atoms with Gasteiger partial charge in [0.2, 0.25) is 5.91 Å². The smallest absolute Gasteiger partial charge is 0.222 e. The molecule has 3 aromatic heterocycles. The Morgan fingerprint density at radius 1 is 0.971 bits per heavy atom.